The predicted octanol–water partition coefficient (Wildman–Crippen LogP) is -0.861. The van der Waals surface area contributed by atoms with E-state index in [0.29, 0.717) is 17.0 Å². The number of benzene rings is 1. The van der Waals surface area contributed by atoms with Crippen LogP contribution in [0.3, 0.4) is 0 Å². The van der Waals surface area contributed by atoms with Crippen molar-refractivity contribution in [2.75, 3.05) is 6.54 Å². The molecule has 0 saturated carbocycles. The average molecular weight is 422 g/mol. The van der Waals surface area contributed by atoms with Gasteiger partial charge in [-0.2, -0.15) is 0 Å². The van der Waals surface area contributed by atoms with Crippen LogP contribution in [0.2, 0.25) is 5.02 Å². The van der Waals surface area contributed by atoms with Crippen LogP contribution in [0.4, 0.5) is 0 Å². The van der Waals surface area contributed by atoms with Gasteiger partial charge in [0.2, 0.25) is 12.7 Å². The first-order chi connectivity index (χ1) is 12.6. The number of carboxylic acid groups (broad SMARTS) is 1. The van der Waals surface area contributed by atoms with Crippen LogP contribution in [-0.4, -0.2) is 36.2 Å². The Bertz CT molecular complexity index is 638. The van der Waals surface area contributed by atoms with Crippen molar-refractivity contribution >= 4 is 29.9 Å². The quantitative estimate of drug-likeness (QED) is 0.152. The molecule has 1 amide bonds. The number of carboxylic acids is 1. The number of amides is 1. The van der Waals surface area contributed by atoms with Crippen LogP contribution < -0.4 is 34.7 Å². The maximum atomic E-state index is 11.8. The van der Waals surface area contributed by atoms with Crippen LogP contribution in [-0.2, 0) is 24.0 Å². The maximum absolute atomic E-state index is 11.8. The van der Waals surface area contributed by atoms with Gasteiger partial charge in [0.25, 0.3) is 0 Å². The van der Waals surface area contributed by atoms with Crippen LogP contribution in [0.1, 0.15) is 45.6 Å². The number of carbonyl (C=O) groups excluding carboxylic acids is 3. The molecule has 0 spiro atoms. The van der Waals surface area contributed by atoms with Crippen molar-refractivity contribution in [3.05, 3.63) is 34.9 Å². The molecule has 150 valence electrons. The summed E-state index contributed by atoms with van der Waals surface area (Å²) in [4.78, 5) is 40.0. The van der Waals surface area contributed by atoms with Crippen molar-refractivity contribution in [3.63, 3.8) is 0 Å². The summed E-state index contributed by atoms with van der Waals surface area (Å²) in [6.07, 6.45) is -0.472. The van der Waals surface area contributed by atoms with Crippen molar-refractivity contribution in [1.29, 1.82) is 0 Å². The first-order valence-electron chi connectivity index (χ1n) is 8.71. The van der Waals surface area contributed by atoms with Crippen molar-refractivity contribution in [2.24, 2.45) is 11.8 Å². The fraction of sp³-hybridized carbons (Fsp3) is 0.526. The molecule has 0 aliphatic heterocycles. The summed E-state index contributed by atoms with van der Waals surface area (Å²) < 4.78 is 5.25. The normalized spacial score (nSPS) is 12.8. The van der Waals surface area contributed by atoms with Crippen LogP contribution in [0, 0.1) is 11.8 Å². The second-order valence-electron chi connectivity index (χ2n) is 6.77. The average Bonchev–Trinajstić information content (AvgIpc) is 2.60. The molecule has 0 aliphatic rings. The molecule has 0 aliphatic carbocycles. The van der Waals surface area contributed by atoms with Gasteiger partial charge in [-0.3, -0.25) is 9.59 Å². The first-order valence-corrected chi connectivity index (χ1v) is 9.09. The van der Waals surface area contributed by atoms with Crippen molar-refractivity contribution in [3.8, 4) is 0 Å². The van der Waals surface area contributed by atoms with Gasteiger partial charge >= 0.3 is 35.5 Å². The Balaban J connectivity index is 0.00000729. The fourth-order valence-electron chi connectivity index (χ4n) is 2.17. The fourth-order valence-corrected chi connectivity index (χ4v) is 2.29. The molecule has 1 unspecified atom stereocenters. The smallest absolute Gasteiger partial charge is 0.549 e. The number of hydroxylamine groups is 2. The van der Waals surface area contributed by atoms with Gasteiger partial charge in [-0.05, 0) is 24.1 Å². The molecule has 2 atom stereocenters. The molecule has 0 heterocycles. The third-order valence-corrected chi connectivity index (χ3v) is 4.05. The minimum Gasteiger partial charge on any atom is -0.549 e. The molecule has 28 heavy (non-hydrogen) atoms. The molecule has 7 nitrogen and oxygen atoms in total. The summed E-state index contributed by atoms with van der Waals surface area (Å²) in [5.41, 5.74) is 0.511. The number of nitrogens with zero attached hydrogens (tertiary/aromatic N) is 1. The Morgan fingerprint density at radius 2 is 1.75 bits per heavy atom. The Morgan fingerprint density at radius 1 is 1.18 bits per heavy atom. The zero-order valence-electron chi connectivity index (χ0n) is 16.9. The zero-order chi connectivity index (χ0) is 20.6. The van der Waals surface area contributed by atoms with Crippen molar-refractivity contribution < 1.29 is 58.6 Å². The Hall–Kier alpha value is -1.12. The van der Waals surface area contributed by atoms with Gasteiger partial charge in [-0.1, -0.05) is 51.4 Å². The molecule has 1 rings (SSSR count). The topological polar surface area (TPSA) is 96.0 Å². The largest absolute Gasteiger partial charge is 1.00 e. The number of esters is 1. The number of rotatable bonds is 11. The van der Waals surface area contributed by atoms with E-state index in [-0.39, 0.29) is 54.4 Å². The third kappa shape index (κ3) is 8.92. The summed E-state index contributed by atoms with van der Waals surface area (Å²) in [6, 6.07) is 6.36. The number of hydrogen-bond donors (Lipinski definition) is 0. The molecule has 0 aromatic heterocycles. The van der Waals surface area contributed by atoms with Crippen molar-refractivity contribution in [1.82, 2.24) is 5.06 Å². The van der Waals surface area contributed by atoms with Crippen LogP contribution in [0.5, 0.6) is 0 Å². The molecule has 0 saturated heterocycles. The summed E-state index contributed by atoms with van der Waals surface area (Å²) in [5, 5.41) is 12.9. The Kier molecular flexibility index (Phi) is 12.6. The number of hydrogen-bond acceptors (Lipinski definition) is 6. The van der Waals surface area contributed by atoms with Gasteiger partial charge in [0, 0.05) is 29.4 Å². The SMILES string of the molecule is CC(C)C(=O)O[C@H](ON(C=O)CCC(C(=O)[O-])c1ccc(Cl)cc1)C(C)C.[Na+]. The number of halogens is 1. The molecule has 9 heteroatoms. The molecule has 0 fully saturated rings. The van der Waals surface area contributed by atoms with E-state index in [0.717, 1.165) is 5.06 Å². The zero-order valence-corrected chi connectivity index (χ0v) is 19.6. The maximum Gasteiger partial charge on any atom is 1.00 e. The van der Waals surface area contributed by atoms with E-state index >= 15 is 0 Å². The van der Waals surface area contributed by atoms with Crippen LogP contribution in [0.25, 0.3) is 0 Å². The van der Waals surface area contributed by atoms with Gasteiger partial charge < -0.3 is 14.6 Å². The first kappa shape index (κ1) is 26.9. The minimum absolute atomic E-state index is 0. The monoisotopic (exact) mass is 421 g/mol. The van der Waals surface area contributed by atoms with Gasteiger partial charge in [0.05, 0.1) is 5.92 Å². The summed E-state index contributed by atoms with van der Waals surface area (Å²) in [7, 11) is 0. The van der Waals surface area contributed by atoms with E-state index in [4.69, 9.17) is 21.2 Å². The Morgan fingerprint density at radius 3 is 2.18 bits per heavy atom. The summed E-state index contributed by atoms with van der Waals surface area (Å²) in [5.74, 6) is -3.21. The van der Waals surface area contributed by atoms with Gasteiger partial charge in [-0.15, -0.1) is 0 Å². The molecule has 0 radical (unpaired) electrons. The van der Waals surface area contributed by atoms with Crippen molar-refractivity contribution in [2.45, 2.75) is 46.3 Å². The summed E-state index contributed by atoms with van der Waals surface area (Å²) in [6.45, 7) is 6.91. The predicted molar refractivity (Wildman–Crippen MR) is 97.2 cm³/mol. The molecular weight excluding hydrogens is 397 g/mol. The second kappa shape index (κ2) is 13.2. The van der Waals surface area contributed by atoms with E-state index < -0.39 is 24.1 Å². The second-order valence-corrected chi connectivity index (χ2v) is 7.20. The van der Waals surface area contributed by atoms with Gasteiger partial charge in [0.15, 0.2) is 0 Å². The van der Waals surface area contributed by atoms with Crippen LogP contribution >= 0.6 is 11.6 Å². The van der Waals surface area contributed by atoms with E-state index in [9.17, 15) is 19.5 Å². The molecular formula is C19H25ClNNaO6. The van der Waals surface area contributed by atoms with Gasteiger partial charge in [0.1, 0.15) is 0 Å². The Labute approximate surface area is 192 Å². The molecule has 1 aromatic rings. The number of carbonyl (C=O) groups is 3. The summed E-state index contributed by atoms with van der Waals surface area (Å²) >= 11 is 5.82. The number of ether oxygens (including phenoxy) is 1. The third-order valence-electron chi connectivity index (χ3n) is 3.80. The molecule has 0 N–H and O–H groups in total. The number of aliphatic carboxylic acids is 1. The standard InChI is InChI=1S/C19H26ClNO6.Na/c1-12(2)18(25)26-19(13(3)4)27-21(11-22)10-9-16(17(23)24)14-5-7-15(20)8-6-14;/h5-8,11-13,16,19H,9-10H2,1-4H3,(H,23,24);/q;+1/p-1/t16?,19-;/m1./s1. The van der Waals surface area contributed by atoms with E-state index in [1.165, 1.54) is 0 Å². The molecule has 1 aromatic carbocycles. The van der Waals surface area contributed by atoms with E-state index in [1.54, 1.807) is 52.0 Å². The van der Waals surface area contributed by atoms with E-state index in [1.807, 2.05) is 0 Å². The van der Waals surface area contributed by atoms with E-state index in [2.05, 4.69) is 0 Å². The molecule has 0 bridgehead atoms. The van der Waals surface area contributed by atoms with Gasteiger partial charge in [-0.25, -0.2) is 9.90 Å². The van der Waals surface area contributed by atoms with Crippen LogP contribution in [0.15, 0.2) is 24.3 Å². The minimum atomic E-state index is -1.27.